The van der Waals surface area contributed by atoms with Gasteiger partial charge in [0, 0.05) is 27.3 Å². The maximum Gasteiger partial charge on any atom is 0.136 e. The SMILES string of the molecule is CC(N[S@@+]([O-])C(C)(C)C)c1cc2cc(Cl)ccc2nc1Cl. The number of aromatic nitrogens is 1. The zero-order valence-electron chi connectivity index (χ0n) is 12.4. The van der Waals surface area contributed by atoms with Crippen molar-refractivity contribution in [2.45, 2.75) is 38.5 Å². The van der Waals surface area contributed by atoms with Gasteiger partial charge in [0.05, 0.1) is 11.6 Å². The molecule has 1 aromatic heterocycles. The van der Waals surface area contributed by atoms with Crippen LogP contribution in [0.5, 0.6) is 0 Å². The fourth-order valence-corrected chi connectivity index (χ4v) is 3.14. The number of pyridine rings is 1. The summed E-state index contributed by atoms with van der Waals surface area (Å²) in [5.74, 6) is 0. The van der Waals surface area contributed by atoms with Gasteiger partial charge in [0.2, 0.25) is 0 Å². The van der Waals surface area contributed by atoms with Crippen molar-refractivity contribution in [2.75, 3.05) is 0 Å². The van der Waals surface area contributed by atoms with Crippen LogP contribution in [0.3, 0.4) is 0 Å². The smallest absolute Gasteiger partial charge is 0.136 e. The topological polar surface area (TPSA) is 48.0 Å². The molecule has 21 heavy (non-hydrogen) atoms. The van der Waals surface area contributed by atoms with Crippen LogP contribution >= 0.6 is 23.2 Å². The van der Waals surface area contributed by atoms with E-state index in [1.54, 1.807) is 6.07 Å². The van der Waals surface area contributed by atoms with Crippen LogP contribution in [0, 0.1) is 0 Å². The largest absolute Gasteiger partial charge is 0.598 e. The average molecular weight is 345 g/mol. The molecule has 0 radical (unpaired) electrons. The molecule has 114 valence electrons. The highest BCUT2D eigenvalue weighted by Crippen LogP contribution is 2.28. The number of nitrogens with zero attached hydrogens (tertiary/aromatic N) is 1. The summed E-state index contributed by atoms with van der Waals surface area (Å²) in [6.45, 7) is 7.68. The number of rotatable bonds is 3. The lowest BCUT2D eigenvalue weighted by molar-refractivity contribution is 0.531. The lowest BCUT2D eigenvalue weighted by Crippen LogP contribution is -2.40. The maximum atomic E-state index is 12.2. The molecule has 1 unspecified atom stereocenters. The fraction of sp³-hybridized carbons (Fsp3) is 0.400. The number of fused-ring (bicyclic) bond motifs is 1. The van der Waals surface area contributed by atoms with E-state index in [0.717, 1.165) is 16.5 Å². The second-order valence-corrected chi connectivity index (χ2v) is 8.72. The van der Waals surface area contributed by atoms with Crippen molar-refractivity contribution in [3.8, 4) is 0 Å². The van der Waals surface area contributed by atoms with Crippen molar-refractivity contribution in [1.29, 1.82) is 0 Å². The Morgan fingerprint density at radius 3 is 2.52 bits per heavy atom. The normalized spacial score (nSPS) is 15.2. The van der Waals surface area contributed by atoms with Gasteiger partial charge in [-0.1, -0.05) is 23.2 Å². The first-order valence-electron chi connectivity index (χ1n) is 6.62. The molecule has 0 bridgehead atoms. The Morgan fingerprint density at radius 2 is 1.90 bits per heavy atom. The molecule has 0 saturated carbocycles. The zero-order chi connectivity index (χ0) is 15.8. The van der Waals surface area contributed by atoms with Crippen LogP contribution in [0.4, 0.5) is 0 Å². The van der Waals surface area contributed by atoms with E-state index >= 15 is 0 Å². The van der Waals surface area contributed by atoms with Gasteiger partial charge in [0.25, 0.3) is 0 Å². The molecule has 1 aromatic carbocycles. The molecule has 2 aromatic rings. The molecular formula is C15H18Cl2N2OS. The van der Waals surface area contributed by atoms with E-state index < -0.39 is 11.4 Å². The van der Waals surface area contributed by atoms with Gasteiger partial charge >= 0.3 is 0 Å². The van der Waals surface area contributed by atoms with Gasteiger partial charge in [-0.25, -0.2) is 4.98 Å². The average Bonchev–Trinajstić information content (AvgIpc) is 2.37. The Bertz CT molecular complexity index is 658. The Morgan fingerprint density at radius 1 is 1.24 bits per heavy atom. The molecule has 0 aliphatic heterocycles. The third kappa shape index (κ3) is 4.02. The summed E-state index contributed by atoms with van der Waals surface area (Å²) < 4.78 is 14.9. The summed E-state index contributed by atoms with van der Waals surface area (Å²) >= 11 is 11.1. The molecule has 0 saturated heterocycles. The van der Waals surface area contributed by atoms with E-state index in [9.17, 15) is 4.55 Å². The van der Waals surface area contributed by atoms with Gasteiger partial charge in [-0.15, -0.1) is 4.72 Å². The van der Waals surface area contributed by atoms with Gasteiger partial charge in [-0.3, -0.25) is 0 Å². The molecule has 2 rings (SSSR count). The van der Waals surface area contributed by atoms with Crippen molar-refractivity contribution in [3.63, 3.8) is 0 Å². The Balaban J connectivity index is 2.34. The summed E-state index contributed by atoms with van der Waals surface area (Å²) in [7, 11) is 0. The van der Waals surface area contributed by atoms with E-state index in [2.05, 4.69) is 9.71 Å². The lowest BCUT2D eigenvalue weighted by atomic mass is 10.1. The predicted molar refractivity (Wildman–Crippen MR) is 91.2 cm³/mol. The standard InChI is InChI=1S/C15H18Cl2N2OS/c1-9(19-21(20)15(2,3)4)12-8-10-7-11(16)5-6-13(10)18-14(12)17/h5-9,19H,1-4H3/t9?,21-/m0/s1. The van der Waals surface area contributed by atoms with Gasteiger partial charge in [-0.2, -0.15) is 0 Å². The van der Waals surface area contributed by atoms with Crippen LogP contribution in [0.2, 0.25) is 10.2 Å². The van der Waals surface area contributed by atoms with E-state index in [-0.39, 0.29) is 10.8 Å². The molecule has 3 nitrogen and oxygen atoms in total. The highest BCUT2D eigenvalue weighted by molar-refractivity contribution is 7.90. The van der Waals surface area contributed by atoms with Crippen LogP contribution in [0.25, 0.3) is 10.9 Å². The molecule has 0 spiro atoms. The summed E-state index contributed by atoms with van der Waals surface area (Å²) in [6, 6.07) is 7.22. The highest BCUT2D eigenvalue weighted by atomic mass is 35.5. The third-order valence-electron chi connectivity index (χ3n) is 3.06. The molecular weight excluding hydrogens is 327 g/mol. The van der Waals surface area contributed by atoms with Gasteiger partial charge in [0.15, 0.2) is 0 Å². The molecule has 1 heterocycles. The number of hydrogen-bond donors (Lipinski definition) is 1. The third-order valence-corrected chi connectivity index (χ3v) is 5.28. The van der Waals surface area contributed by atoms with Crippen LogP contribution in [0.1, 0.15) is 39.3 Å². The van der Waals surface area contributed by atoms with Crippen LogP contribution in [0.15, 0.2) is 24.3 Å². The summed E-state index contributed by atoms with van der Waals surface area (Å²) in [4.78, 5) is 4.38. The Labute approximate surface area is 138 Å². The number of hydrogen-bond acceptors (Lipinski definition) is 3. The quantitative estimate of drug-likeness (QED) is 0.650. The summed E-state index contributed by atoms with van der Waals surface area (Å²) in [6.07, 6.45) is 0. The van der Waals surface area contributed by atoms with Crippen molar-refractivity contribution < 1.29 is 4.55 Å². The van der Waals surface area contributed by atoms with Crippen molar-refractivity contribution in [2.24, 2.45) is 0 Å². The molecule has 0 amide bonds. The van der Waals surface area contributed by atoms with E-state index in [1.807, 2.05) is 45.9 Å². The molecule has 0 aliphatic rings. The predicted octanol–water partition coefficient (Wildman–Crippen LogP) is 4.65. The van der Waals surface area contributed by atoms with E-state index in [4.69, 9.17) is 23.2 Å². The Kier molecular flexibility index (Phi) is 5.06. The molecule has 0 fully saturated rings. The minimum Gasteiger partial charge on any atom is -0.598 e. The lowest BCUT2D eigenvalue weighted by Gasteiger charge is -2.26. The van der Waals surface area contributed by atoms with Crippen LogP contribution < -0.4 is 4.72 Å². The van der Waals surface area contributed by atoms with Gasteiger partial charge in [0.1, 0.15) is 9.90 Å². The van der Waals surface area contributed by atoms with Gasteiger partial charge < -0.3 is 4.55 Å². The van der Waals surface area contributed by atoms with Crippen molar-refractivity contribution >= 4 is 45.5 Å². The van der Waals surface area contributed by atoms with E-state index in [0.29, 0.717) is 10.2 Å². The first-order chi connectivity index (χ1) is 9.68. The zero-order valence-corrected chi connectivity index (χ0v) is 14.7. The van der Waals surface area contributed by atoms with Crippen LogP contribution in [-0.4, -0.2) is 14.3 Å². The summed E-state index contributed by atoms with van der Waals surface area (Å²) in [5.41, 5.74) is 1.60. The second-order valence-electron chi connectivity index (χ2n) is 5.93. The number of halogens is 2. The molecule has 1 N–H and O–H groups in total. The number of nitrogens with one attached hydrogen (secondary N) is 1. The first kappa shape index (κ1) is 16.8. The number of benzene rings is 1. The van der Waals surface area contributed by atoms with Crippen molar-refractivity contribution in [3.05, 3.63) is 40.0 Å². The maximum absolute atomic E-state index is 12.2. The first-order valence-corrected chi connectivity index (χ1v) is 8.53. The molecule has 2 atom stereocenters. The monoisotopic (exact) mass is 344 g/mol. The van der Waals surface area contributed by atoms with E-state index in [1.165, 1.54) is 0 Å². The molecule has 0 aliphatic carbocycles. The van der Waals surface area contributed by atoms with Gasteiger partial charge in [-0.05, 0) is 52.0 Å². The fourth-order valence-electron chi connectivity index (χ4n) is 1.84. The second kappa shape index (κ2) is 6.31. The van der Waals surface area contributed by atoms with Crippen LogP contribution in [-0.2, 0) is 11.4 Å². The highest BCUT2D eigenvalue weighted by Gasteiger charge is 2.29. The molecule has 6 heteroatoms. The minimum atomic E-state index is -1.18. The minimum absolute atomic E-state index is 0.173. The van der Waals surface area contributed by atoms with Crippen molar-refractivity contribution in [1.82, 2.24) is 9.71 Å². The Hall–Kier alpha value is -0.520. The summed E-state index contributed by atoms with van der Waals surface area (Å²) in [5, 5.41) is 1.98.